The van der Waals surface area contributed by atoms with Gasteiger partial charge in [0.2, 0.25) is 5.91 Å². The Morgan fingerprint density at radius 2 is 1.68 bits per heavy atom. The van der Waals surface area contributed by atoms with E-state index in [1.807, 2.05) is 0 Å². The Hall–Kier alpha value is -0.570. The van der Waals surface area contributed by atoms with Gasteiger partial charge in [-0.1, -0.05) is 33.1 Å². The van der Waals surface area contributed by atoms with Gasteiger partial charge in [0.25, 0.3) is 0 Å². The molecule has 2 atom stereocenters. The first kappa shape index (κ1) is 14.8. The fourth-order valence-electron chi connectivity index (χ4n) is 3.51. The van der Waals surface area contributed by atoms with Crippen LogP contribution < -0.4 is 11.1 Å². The number of nitrogens with two attached hydrogens (primary N) is 1. The van der Waals surface area contributed by atoms with Gasteiger partial charge < -0.3 is 11.1 Å². The van der Waals surface area contributed by atoms with E-state index in [2.05, 4.69) is 19.2 Å². The summed E-state index contributed by atoms with van der Waals surface area (Å²) in [6, 6.07) is 0.457. The third-order valence-electron chi connectivity index (χ3n) is 5.09. The number of carbonyl (C=O) groups is 1. The monoisotopic (exact) mass is 266 g/mol. The summed E-state index contributed by atoms with van der Waals surface area (Å²) in [5.74, 6) is 0.275. The van der Waals surface area contributed by atoms with Gasteiger partial charge in [0.1, 0.15) is 0 Å². The molecule has 3 N–H and O–H groups in total. The van der Waals surface area contributed by atoms with Crippen LogP contribution in [-0.2, 0) is 4.79 Å². The maximum absolute atomic E-state index is 12.4. The second kappa shape index (κ2) is 6.25. The third kappa shape index (κ3) is 4.20. The zero-order chi connectivity index (χ0) is 13.9. The molecule has 19 heavy (non-hydrogen) atoms. The molecule has 110 valence electrons. The van der Waals surface area contributed by atoms with E-state index in [-0.39, 0.29) is 17.9 Å². The van der Waals surface area contributed by atoms with Crippen LogP contribution in [0.4, 0.5) is 0 Å². The Labute approximate surface area is 117 Å². The summed E-state index contributed by atoms with van der Waals surface area (Å²) in [4.78, 5) is 12.4. The Morgan fingerprint density at radius 1 is 1.05 bits per heavy atom. The van der Waals surface area contributed by atoms with Crippen molar-refractivity contribution in [3.63, 3.8) is 0 Å². The van der Waals surface area contributed by atoms with Crippen LogP contribution in [0.1, 0.15) is 71.6 Å². The molecule has 3 nitrogen and oxygen atoms in total. The first-order chi connectivity index (χ1) is 8.98. The van der Waals surface area contributed by atoms with Gasteiger partial charge in [-0.2, -0.15) is 0 Å². The molecule has 0 bridgehead atoms. The van der Waals surface area contributed by atoms with E-state index in [1.54, 1.807) is 0 Å². The van der Waals surface area contributed by atoms with E-state index >= 15 is 0 Å². The number of hydrogen-bond acceptors (Lipinski definition) is 2. The molecule has 2 aliphatic carbocycles. The first-order valence-corrected chi connectivity index (χ1v) is 8.04. The Kier molecular flexibility index (Phi) is 4.88. The zero-order valence-electron chi connectivity index (χ0n) is 12.6. The maximum atomic E-state index is 12.4. The van der Waals surface area contributed by atoms with Crippen LogP contribution in [0.3, 0.4) is 0 Å². The smallest absolute Gasteiger partial charge is 0.224 e. The van der Waals surface area contributed by atoms with Crippen molar-refractivity contribution in [2.45, 2.75) is 83.7 Å². The van der Waals surface area contributed by atoms with Gasteiger partial charge in [0, 0.05) is 12.1 Å². The molecule has 0 heterocycles. The normalized spacial score (nSPS) is 32.6. The minimum absolute atomic E-state index is 0.0532. The van der Waals surface area contributed by atoms with E-state index in [1.165, 1.54) is 25.7 Å². The summed E-state index contributed by atoms with van der Waals surface area (Å²) in [5.41, 5.74) is 6.63. The highest BCUT2D eigenvalue weighted by atomic mass is 16.2. The lowest BCUT2D eigenvalue weighted by Crippen LogP contribution is -2.46. The van der Waals surface area contributed by atoms with E-state index in [0.717, 1.165) is 32.1 Å². The Bertz CT molecular complexity index is 304. The molecule has 0 aromatic carbocycles. The zero-order valence-corrected chi connectivity index (χ0v) is 12.6. The highest BCUT2D eigenvalue weighted by molar-refractivity contribution is 5.79. The average Bonchev–Trinajstić information content (AvgIpc) is 2.56. The van der Waals surface area contributed by atoms with Gasteiger partial charge in [-0.25, -0.2) is 0 Å². The average molecular weight is 266 g/mol. The summed E-state index contributed by atoms with van der Waals surface area (Å²) >= 11 is 0. The summed E-state index contributed by atoms with van der Waals surface area (Å²) in [6.45, 7) is 4.65. The van der Waals surface area contributed by atoms with E-state index in [9.17, 15) is 4.79 Å². The maximum Gasteiger partial charge on any atom is 0.224 e. The molecule has 0 spiro atoms. The summed E-state index contributed by atoms with van der Waals surface area (Å²) < 4.78 is 0. The fourth-order valence-corrected chi connectivity index (χ4v) is 3.51. The van der Waals surface area contributed by atoms with Crippen molar-refractivity contribution in [3.05, 3.63) is 0 Å². The molecule has 2 fully saturated rings. The number of hydrogen-bond donors (Lipinski definition) is 2. The number of rotatable bonds is 2. The molecule has 2 saturated carbocycles. The summed E-state index contributed by atoms with van der Waals surface area (Å²) in [5, 5.41) is 3.27. The predicted molar refractivity (Wildman–Crippen MR) is 78.7 cm³/mol. The van der Waals surface area contributed by atoms with Crippen molar-refractivity contribution in [2.24, 2.45) is 17.1 Å². The van der Waals surface area contributed by atoms with Crippen molar-refractivity contribution in [3.8, 4) is 0 Å². The molecule has 0 aromatic heterocycles. The molecule has 2 aliphatic rings. The highest BCUT2D eigenvalue weighted by Gasteiger charge is 2.31. The molecule has 2 rings (SSSR count). The van der Waals surface area contributed by atoms with Gasteiger partial charge in [-0.05, 0) is 43.9 Å². The summed E-state index contributed by atoms with van der Waals surface area (Å²) in [6.07, 6.45) is 10.2. The molecule has 2 unspecified atom stereocenters. The molecule has 0 aromatic rings. The minimum Gasteiger partial charge on any atom is -0.353 e. The van der Waals surface area contributed by atoms with Crippen LogP contribution in [-0.4, -0.2) is 18.0 Å². The van der Waals surface area contributed by atoms with Crippen LogP contribution in [0, 0.1) is 11.3 Å². The topological polar surface area (TPSA) is 55.1 Å². The predicted octanol–water partition coefficient (Wildman–Crippen LogP) is 2.98. The van der Waals surface area contributed by atoms with E-state index in [4.69, 9.17) is 5.73 Å². The number of carbonyl (C=O) groups excluding carboxylic acids is 1. The largest absolute Gasteiger partial charge is 0.353 e. The van der Waals surface area contributed by atoms with Crippen LogP contribution in [0.15, 0.2) is 0 Å². The first-order valence-electron chi connectivity index (χ1n) is 8.04. The van der Waals surface area contributed by atoms with Crippen LogP contribution in [0.25, 0.3) is 0 Å². The van der Waals surface area contributed by atoms with Crippen molar-refractivity contribution >= 4 is 5.91 Å². The van der Waals surface area contributed by atoms with Crippen LogP contribution in [0.5, 0.6) is 0 Å². The lowest BCUT2D eigenvalue weighted by molar-refractivity contribution is -0.126. The van der Waals surface area contributed by atoms with Crippen molar-refractivity contribution in [2.75, 3.05) is 0 Å². The van der Waals surface area contributed by atoms with E-state index < -0.39 is 0 Å². The molecular weight excluding hydrogens is 236 g/mol. The van der Waals surface area contributed by atoms with E-state index in [0.29, 0.717) is 11.5 Å². The van der Waals surface area contributed by atoms with Crippen LogP contribution in [0.2, 0.25) is 0 Å². The molecule has 0 aliphatic heterocycles. The van der Waals surface area contributed by atoms with Crippen molar-refractivity contribution in [1.29, 1.82) is 0 Å². The SMILES string of the molecule is CC1(C)CCC(NC(=O)C2CCCCCC2N)CC1. The van der Waals surface area contributed by atoms with Gasteiger partial charge in [0.15, 0.2) is 0 Å². The Morgan fingerprint density at radius 3 is 2.37 bits per heavy atom. The molecular formula is C16H30N2O. The number of nitrogens with one attached hydrogen (secondary N) is 1. The van der Waals surface area contributed by atoms with Gasteiger partial charge in [0.05, 0.1) is 5.92 Å². The van der Waals surface area contributed by atoms with Crippen molar-refractivity contribution in [1.82, 2.24) is 5.32 Å². The van der Waals surface area contributed by atoms with Crippen molar-refractivity contribution < 1.29 is 4.79 Å². The highest BCUT2D eigenvalue weighted by Crippen LogP contribution is 2.35. The second-order valence-electron chi connectivity index (χ2n) is 7.36. The molecule has 0 radical (unpaired) electrons. The Balaban J connectivity index is 1.83. The molecule has 3 heteroatoms. The molecule has 0 saturated heterocycles. The minimum atomic E-state index is 0.0532. The van der Waals surface area contributed by atoms with Gasteiger partial charge in [-0.15, -0.1) is 0 Å². The van der Waals surface area contributed by atoms with Gasteiger partial charge >= 0.3 is 0 Å². The second-order valence-corrected chi connectivity index (χ2v) is 7.36. The summed E-state index contributed by atoms with van der Waals surface area (Å²) in [7, 11) is 0. The number of amides is 1. The third-order valence-corrected chi connectivity index (χ3v) is 5.09. The van der Waals surface area contributed by atoms with Crippen LogP contribution >= 0.6 is 0 Å². The standard InChI is InChI=1S/C16H30N2O/c1-16(2)10-8-12(9-11-16)18-15(19)13-6-4-3-5-7-14(13)17/h12-14H,3-11,17H2,1-2H3,(H,18,19). The fraction of sp³-hybridized carbons (Fsp3) is 0.938. The lowest BCUT2D eigenvalue weighted by atomic mass is 9.75. The lowest BCUT2D eigenvalue weighted by Gasteiger charge is -2.35. The quantitative estimate of drug-likeness (QED) is 0.755. The van der Waals surface area contributed by atoms with Gasteiger partial charge in [-0.3, -0.25) is 4.79 Å². The molecule has 1 amide bonds.